The number of fused-ring (bicyclic) bond motifs is 1. The molecule has 21 heavy (non-hydrogen) atoms. The smallest absolute Gasteiger partial charge is 0.214 e. The minimum atomic E-state index is 0.358. The lowest BCUT2D eigenvalue weighted by Gasteiger charge is -2.09. The Balaban J connectivity index is 1.83. The van der Waals surface area contributed by atoms with E-state index in [2.05, 4.69) is 16.4 Å². The van der Waals surface area contributed by atoms with Gasteiger partial charge in [-0.1, -0.05) is 36.5 Å². The van der Waals surface area contributed by atoms with Crippen LogP contribution in [0, 0.1) is 0 Å². The molecule has 0 saturated carbocycles. The molecule has 2 N–H and O–H groups in total. The van der Waals surface area contributed by atoms with Gasteiger partial charge in [0.25, 0.3) is 0 Å². The zero-order valence-corrected chi connectivity index (χ0v) is 12.9. The van der Waals surface area contributed by atoms with E-state index in [0.717, 1.165) is 22.9 Å². The van der Waals surface area contributed by atoms with Crippen LogP contribution < -0.4 is 10.5 Å². The molecule has 3 aromatic rings. The maximum Gasteiger partial charge on any atom is 0.214 e. The Bertz CT molecular complexity index is 769. The van der Waals surface area contributed by atoms with Crippen molar-refractivity contribution in [3.63, 3.8) is 0 Å². The third-order valence-corrected chi connectivity index (χ3v) is 4.29. The van der Waals surface area contributed by atoms with Gasteiger partial charge < -0.3 is 10.5 Å². The average Bonchev–Trinajstić information content (AvgIpc) is 2.99. The Morgan fingerprint density at radius 3 is 2.86 bits per heavy atom. The lowest BCUT2D eigenvalue weighted by molar-refractivity contribution is 0.311. The molecule has 3 rings (SSSR count). The number of ether oxygens (including phenoxy) is 1. The molecule has 0 fully saturated rings. The lowest BCUT2D eigenvalue weighted by atomic mass is 10.1. The van der Waals surface area contributed by atoms with Gasteiger partial charge in [-0.25, -0.2) is 4.98 Å². The lowest BCUT2D eigenvalue weighted by Crippen LogP contribution is -2.11. The second-order valence-corrected chi connectivity index (χ2v) is 6.04. The van der Waals surface area contributed by atoms with E-state index in [-0.39, 0.29) is 0 Å². The molecule has 0 atom stereocenters. The van der Waals surface area contributed by atoms with Crippen molar-refractivity contribution in [2.24, 2.45) is 5.73 Å². The van der Waals surface area contributed by atoms with Crippen LogP contribution in [0.3, 0.4) is 0 Å². The van der Waals surface area contributed by atoms with E-state index >= 15 is 0 Å². The number of hydrogen-bond donors (Lipinski definition) is 1. The summed E-state index contributed by atoms with van der Waals surface area (Å²) in [6.07, 6.45) is 0.870. The summed E-state index contributed by atoms with van der Waals surface area (Å²) in [6, 6.07) is 13.7. The van der Waals surface area contributed by atoms with Crippen molar-refractivity contribution in [2.75, 3.05) is 6.61 Å². The van der Waals surface area contributed by atoms with Crippen LogP contribution in [0.4, 0.5) is 0 Å². The summed E-state index contributed by atoms with van der Waals surface area (Å²) in [4.78, 5) is 6.16. The van der Waals surface area contributed by atoms with Crippen molar-refractivity contribution < 1.29 is 4.74 Å². The highest BCUT2D eigenvalue weighted by Gasteiger charge is 2.08. The molecule has 0 saturated heterocycles. The summed E-state index contributed by atoms with van der Waals surface area (Å²) in [6.45, 7) is 0.586. The summed E-state index contributed by atoms with van der Waals surface area (Å²) in [7, 11) is 0. The molecule has 3 nitrogen and oxygen atoms in total. The van der Waals surface area contributed by atoms with Crippen molar-refractivity contribution in [1.82, 2.24) is 4.98 Å². The highest BCUT2D eigenvalue weighted by molar-refractivity contribution is 7.80. The van der Waals surface area contributed by atoms with Gasteiger partial charge in [-0.2, -0.15) is 0 Å². The molecular weight excluding hydrogens is 300 g/mol. The first-order valence-corrected chi connectivity index (χ1v) is 7.87. The van der Waals surface area contributed by atoms with Crippen LogP contribution in [0.1, 0.15) is 10.4 Å². The number of para-hydroxylation sites is 1. The molecule has 0 amide bonds. The topological polar surface area (TPSA) is 48.1 Å². The third-order valence-electron chi connectivity index (χ3n) is 3.14. The summed E-state index contributed by atoms with van der Waals surface area (Å²) in [5, 5.41) is 3.02. The normalized spacial score (nSPS) is 10.7. The molecule has 0 aliphatic rings. The Hall–Kier alpha value is -1.98. The fraction of sp³-hybridized carbons (Fsp3) is 0.125. The van der Waals surface area contributed by atoms with Crippen LogP contribution in [0.2, 0.25) is 0 Å². The predicted octanol–water partition coefficient (Wildman–Crippen LogP) is 3.55. The molecule has 0 aliphatic heterocycles. The molecule has 0 aliphatic carbocycles. The summed E-state index contributed by atoms with van der Waals surface area (Å²) >= 11 is 6.85. The molecule has 0 radical (unpaired) electrons. The maximum atomic E-state index is 5.80. The first-order chi connectivity index (χ1) is 10.2. The molecule has 0 spiro atoms. The molecule has 0 unspecified atom stereocenters. The van der Waals surface area contributed by atoms with E-state index in [0.29, 0.717) is 17.5 Å². The second kappa shape index (κ2) is 6.20. The Morgan fingerprint density at radius 1 is 1.24 bits per heavy atom. The Kier molecular flexibility index (Phi) is 4.13. The summed E-state index contributed by atoms with van der Waals surface area (Å²) in [5.74, 6) is 0.563. The van der Waals surface area contributed by atoms with Gasteiger partial charge in [0.1, 0.15) is 4.99 Å². The molecule has 1 aromatic carbocycles. The minimum Gasteiger partial charge on any atom is -0.477 e. The zero-order valence-electron chi connectivity index (χ0n) is 11.3. The number of nitrogens with zero attached hydrogens (tertiary/aromatic N) is 1. The van der Waals surface area contributed by atoms with Gasteiger partial charge in [0, 0.05) is 28.3 Å². The highest BCUT2D eigenvalue weighted by atomic mass is 32.1. The van der Waals surface area contributed by atoms with Crippen molar-refractivity contribution in [2.45, 2.75) is 6.42 Å². The number of thiocarbonyl (C=S) groups is 1. The number of hydrogen-bond acceptors (Lipinski definition) is 4. The van der Waals surface area contributed by atoms with E-state index in [1.165, 1.54) is 4.88 Å². The van der Waals surface area contributed by atoms with E-state index in [9.17, 15) is 0 Å². The van der Waals surface area contributed by atoms with Crippen LogP contribution in [0.25, 0.3) is 10.9 Å². The molecular formula is C16H14N2OS2. The van der Waals surface area contributed by atoms with Crippen LogP contribution in [-0.4, -0.2) is 16.6 Å². The number of nitrogens with two attached hydrogens (primary N) is 1. The fourth-order valence-electron chi connectivity index (χ4n) is 2.14. The largest absolute Gasteiger partial charge is 0.477 e. The first kappa shape index (κ1) is 14.0. The van der Waals surface area contributed by atoms with Gasteiger partial charge in [0.2, 0.25) is 5.88 Å². The molecule has 2 heterocycles. The average molecular weight is 314 g/mol. The van der Waals surface area contributed by atoms with Crippen LogP contribution >= 0.6 is 23.6 Å². The molecule has 0 bridgehead atoms. The van der Waals surface area contributed by atoms with Gasteiger partial charge in [0.15, 0.2) is 0 Å². The number of pyridine rings is 1. The van der Waals surface area contributed by atoms with E-state index in [1.807, 2.05) is 36.4 Å². The predicted molar refractivity (Wildman–Crippen MR) is 91.1 cm³/mol. The van der Waals surface area contributed by atoms with Crippen LogP contribution in [-0.2, 0) is 6.42 Å². The Labute approximate surface area is 132 Å². The van der Waals surface area contributed by atoms with Crippen molar-refractivity contribution >= 4 is 39.4 Å². The van der Waals surface area contributed by atoms with Gasteiger partial charge in [-0.05, 0) is 17.5 Å². The quantitative estimate of drug-likeness (QED) is 0.732. The molecule has 2 aromatic heterocycles. The van der Waals surface area contributed by atoms with Gasteiger partial charge >= 0.3 is 0 Å². The van der Waals surface area contributed by atoms with E-state index < -0.39 is 0 Å². The fourth-order valence-corrected chi connectivity index (χ4v) is 3.00. The van der Waals surface area contributed by atoms with Crippen molar-refractivity contribution in [3.8, 4) is 5.88 Å². The van der Waals surface area contributed by atoms with Crippen molar-refractivity contribution in [3.05, 3.63) is 58.3 Å². The zero-order chi connectivity index (χ0) is 14.7. The number of rotatable bonds is 5. The monoisotopic (exact) mass is 314 g/mol. The second-order valence-electron chi connectivity index (χ2n) is 4.57. The SMILES string of the molecule is NC(=S)c1cc(OCCc2cccs2)nc2ccccc12. The Morgan fingerprint density at radius 2 is 2.10 bits per heavy atom. The number of aromatic nitrogens is 1. The number of thiophene rings is 1. The third kappa shape index (κ3) is 3.20. The van der Waals surface area contributed by atoms with Gasteiger partial charge in [-0.15, -0.1) is 11.3 Å². The first-order valence-electron chi connectivity index (χ1n) is 6.59. The molecule has 106 valence electrons. The maximum absolute atomic E-state index is 5.80. The van der Waals surface area contributed by atoms with Crippen LogP contribution in [0.15, 0.2) is 47.8 Å². The minimum absolute atomic E-state index is 0.358. The molecule has 5 heteroatoms. The van der Waals surface area contributed by atoms with Gasteiger partial charge in [0.05, 0.1) is 12.1 Å². The van der Waals surface area contributed by atoms with E-state index in [4.69, 9.17) is 22.7 Å². The summed E-state index contributed by atoms with van der Waals surface area (Å²) in [5.41, 5.74) is 7.45. The standard InChI is InChI=1S/C16H14N2OS2/c17-16(20)13-10-15(18-14-6-2-1-5-12(13)14)19-8-7-11-4-3-9-21-11/h1-6,9-10H,7-8H2,(H2,17,20). The van der Waals surface area contributed by atoms with Gasteiger partial charge in [-0.3, -0.25) is 0 Å². The summed E-state index contributed by atoms with van der Waals surface area (Å²) < 4.78 is 5.76. The van der Waals surface area contributed by atoms with Crippen LogP contribution in [0.5, 0.6) is 5.88 Å². The van der Waals surface area contributed by atoms with Crippen molar-refractivity contribution in [1.29, 1.82) is 0 Å². The van der Waals surface area contributed by atoms with E-state index in [1.54, 1.807) is 11.3 Å². The number of benzene rings is 1. The highest BCUT2D eigenvalue weighted by Crippen LogP contribution is 2.22.